The molecule has 1 N–H and O–H groups in total. The van der Waals surface area contributed by atoms with Crippen LogP contribution in [0.4, 0.5) is 18.9 Å². The normalized spacial score (nSPS) is 15.4. The summed E-state index contributed by atoms with van der Waals surface area (Å²) in [6, 6.07) is 9.82. The van der Waals surface area contributed by atoms with E-state index in [1.54, 1.807) is 0 Å². The molecule has 11 heteroatoms. The van der Waals surface area contributed by atoms with Gasteiger partial charge in [0.05, 0.1) is 5.56 Å². The van der Waals surface area contributed by atoms with Crippen molar-refractivity contribution in [2.45, 2.75) is 11.3 Å². The number of rotatable bonds is 4. The Balaban J connectivity index is 1.69. The van der Waals surface area contributed by atoms with Crippen LogP contribution in [0.5, 0.6) is 5.75 Å². The van der Waals surface area contributed by atoms with E-state index in [9.17, 15) is 31.2 Å². The molecular weight excluding hydrogens is 389 g/mol. The summed E-state index contributed by atoms with van der Waals surface area (Å²) >= 11 is 0. The van der Waals surface area contributed by atoms with Crippen LogP contribution < -0.4 is 10.1 Å². The van der Waals surface area contributed by atoms with Crippen LogP contribution in [-0.4, -0.2) is 37.4 Å². The third-order valence-electron chi connectivity index (χ3n) is 3.57. The highest BCUT2D eigenvalue weighted by molar-refractivity contribution is 7.90. The van der Waals surface area contributed by atoms with Gasteiger partial charge >= 0.3 is 6.36 Å². The molecule has 0 radical (unpaired) electrons. The Bertz CT molecular complexity index is 1000. The van der Waals surface area contributed by atoms with E-state index >= 15 is 0 Å². The minimum Gasteiger partial charge on any atom is -0.406 e. The Kier molecular flexibility index (Phi) is 4.56. The van der Waals surface area contributed by atoms with Gasteiger partial charge in [-0.1, -0.05) is 12.1 Å². The molecular formula is C16H11F3N2O5S. The molecule has 2 aromatic rings. The molecule has 0 atom stereocenters. The topological polar surface area (TPSA) is 92.8 Å². The number of nitrogens with zero attached hydrogens (tertiary/aromatic N) is 1. The summed E-state index contributed by atoms with van der Waals surface area (Å²) in [4.78, 5) is 24.1. The van der Waals surface area contributed by atoms with Crippen LogP contribution in [0.3, 0.4) is 0 Å². The summed E-state index contributed by atoms with van der Waals surface area (Å²) in [6.45, 7) is -0.767. The molecule has 0 saturated heterocycles. The molecule has 7 nitrogen and oxygen atoms in total. The first-order valence-electron chi connectivity index (χ1n) is 7.40. The lowest BCUT2D eigenvalue weighted by Gasteiger charge is -2.15. The SMILES string of the molecule is O=C(CN1C(=O)c2ccccc2S1(=O)=O)Nc1ccc(OC(F)(F)F)cc1. The van der Waals surface area contributed by atoms with E-state index in [4.69, 9.17) is 0 Å². The molecule has 0 saturated carbocycles. The number of ether oxygens (including phenoxy) is 1. The van der Waals surface area contributed by atoms with Gasteiger partial charge < -0.3 is 10.1 Å². The number of amides is 2. The summed E-state index contributed by atoms with van der Waals surface area (Å²) in [5.41, 5.74) is 0.0787. The highest BCUT2D eigenvalue weighted by atomic mass is 32.2. The molecule has 2 aromatic carbocycles. The first-order valence-corrected chi connectivity index (χ1v) is 8.84. The molecule has 1 heterocycles. The highest BCUT2D eigenvalue weighted by Gasteiger charge is 2.41. The van der Waals surface area contributed by atoms with Gasteiger partial charge in [0.15, 0.2) is 0 Å². The Morgan fingerprint density at radius 2 is 1.70 bits per heavy atom. The fraction of sp³-hybridized carbons (Fsp3) is 0.125. The van der Waals surface area contributed by atoms with E-state index in [0.29, 0.717) is 4.31 Å². The molecule has 142 valence electrons. The number of alkyl halides is 3. The number of hydrogen-bond donors (Lipinski definition) is 1. The Hall–Kier alpha value is -3.08. The van der Waals surface area contributed by atoms with Gasteiger partial charge in [-0.2, -0.15) is 0 Å². The molecule has 1 aliphatic rings. The fourth-order valence-corrected chi connectivity index (χ4v) is 3.98. The molecule has 0 aromatic heterocycles. The van der Waals surface area contributed by atoms with E-state index in [1.807, 2.05) is 0 Å². The van der Waals surface area contributed by atoms with Crippen LogP contribution in [0, 0.1) is 0 Å². The number of hydrogen-bond acceptors (Lipinski definition) is 5. The predicted molar refractivity (Wildman–Crippen MR) is 86.4 cm³/mol. The van der Waals surface area contributed by atoms with Crippen molar-refractivity contribution in [2.75, 3.05) is 11.9 Å². The third kappa shape index (κ3) is 3.87. The summed E-state index contributed by atoms with van der Waals surface area (Å²) in [7, 11) is -4.13. The molecule has 2 amide bonds. The van der Waals surface area contributed by atoms with Crippen molar-refractivity contribution in [3.05, 3.63) is 54.1 Å². The first-order chi connectivity index (χ1) is 12.6. The Labute approximate surface area is 151 Å². The summed E-state index contributed by atoms with van der Waals surface area (Å²) in [5, 5.41) is 2.31. The van der Waals surface area contributed by atoms with Gasteiger partial charge in [0.25, 0.3) is 15.9 Å². The van der Waals surface area contributed by atoms with Gasteiger partial charge in [-0.25, -0.2) is 12.7 Å². The van der Waals surface area contributed by atoms with Crippen molar-refractivity contribution in [1.82, 2.24) is 4.31 Å². The van der Waals surface area contributed by atoms with Gasteiger partial charge in [0.1, 0.15) is 17.2 Å². The van der Waals surface area contributed by atoms with Crippen LogP contribution in [0.2, 0.25) is 0 Å². The second kappa shape index (κ2) is 6.58. The number of carbonyl (C=O) groups is 2. The first kappa shape index (κ1) is 18.7. The third-order valence-corrected chi connectivity index (χ3v) is 5.36. The molecule has 0 bridgehead atoms. The van der Waals surface area contributed by atoms with Gasteiger partial charge in [-0.15, -0.1) is 13.2 Å². The lowest BCUT2D eigenvalue weighted by Crippen LogP contribution is -2.37. The maximum absolute atomic E-state index is 12.4. The number of benzene rings is 2. The quantitative estimate of drug-likeness (QED) is 0.851. The Morgan fingerprint density at radius 1 is 1.07 bits per heavy atom. The molecule has 0 fully saturated rings. The monoisotopic (exact) mass is 400 g/mol. The minimum atomic E-state index is -4.84. The molecule has 0 unspecified atom stereocenters. The largest absolute Gasteiger partial charge is 0.573 e. The molecule has 1 aliphatic heterocycles. The fourth-order valence-electron chi connectivity index (χ4n) is 2.46. The predicted octanol–water partition coefficient (Wildman–Crippen LogP) is 2.37. The number of nitrogens with one attached hydrogen (secondary N) is 1. The maximum Gasteiger partial charge on any atom is 0.573 e. The lowest BCUT2D eigenvalue weighted by atomic mass is 10.2. The standard InChI is InChI=1S/C16H11F3N2O5S/c17-16(18,19)26-11-7-5-10(6-8-11)20-14(22)9-21-15(23)12-3-1-2-4-13(12)27(21,24)25/h1-8H,9H2,(H,20,22). The Morgan fingerprint density at radius 3 is 2.30 bits per heavy atom. The highest BCUT2D eigenvalue weighted by Crippen LogP contribution is 2.29. The van der Waals surface area contributed by atoms with Crippen molar-refractivity contribution in [2.24, 2.45) is 0 Å². The van der Waals surface area contributed by atoms with Gasteiger partial charge in [0.2, 0.25) is 5.91 Å². The average molecular weight is 400 g/mol. The number of halogens is 3. The van der Waals surface area contributed by atoms with E-state index < -0.39 is 40.5 Å². The number of anilines is 1. The van der Waals surface area contributed by atoms with E-state index in [-0.39, 0.29) is 16.1 Å². The second-order valence-electron chi connectivity index (χ2n) is 5.43. The van der Waals surface area contributed by atoms with Crippen molar-refractivity contribution >= 4 is 27.5 Å². The maximum atomic E-state index is 12.4. The molecule has 0 spiro atoms. The minimum absolute atomic E-state index is 0.0287. The molecule has 0 aliphatic carbocycles. The summed E-state index contributed by atoms with van der Waals surface area (Å²) in [5.74, 6) is -2.13. The van der Waals surface area contributed by atoms with E-state index in [1.165, 1.54) is 24.3 Å². The van der Waals surface area contributed by atoms with Gasteiger partial charge in [-0.05, 0) is 36.4 Å². The zero-order valence-electron chi connectivity index (χ0n) is 13.4. The van der Waals surface area contributed by atoms with Crippen molar-refractivity contribution < 1.29 is 35.9 Å². The van der Waals surface area contributed by atoms with Gasteiger partial charge in [0, 0.05) is 5.69 Å². The van der Waals surface area contributed by atoms with Crippen LogP contribution in [0.25, 0.3) is 0 Å². The van der Waals surface area contributed by atoms with E-state index in [0.717, 1.165) is 24.3 Å². The number of sulfonamides is 1. The van der Waals surface area contributed by atoms with Crippen LogP contribution in [0.1, 0.15) is 10.4 Å². The summed E-state index contributed by atoms with van der Waals surface area (Å²) < 4.78 is 65.2. The van der Waals surface area contributed by atoms with Crippen LogP contribution in [-0.2, 0) is 14.8 Å². The number of carbonyl (C=O) groups excluding carboxylic acids is 2. The van der Waals surface area contributed by atoms with Crippen molar-refractivity contribution in [3.8, 4) is 5.75 Å². The smallest absolute Gasteiger partial charge is 0.406 e. The molecule has 3 rings (SSSR count). The van der Waals surface area contributed by atoms with Gasteiger partial charge in [-0.3, -0.25) is 9.59 Å². The zero-order chi connectivity index (χ0) is 19.8. The molecule has 27 heavy (non-hydrogen) atoms. The van der Waals surface area contributed by atoms with Crippen LogP contribution in [0.15, 0.2) is 53.4 Å². The van der Waals surface area contributed by atoms with Crippen molar-refractivity contribution in [1.29, 1.82) is 0 Å². The lowest BCUT2D eigenvalue weighted by molar-refractivity contribution is -0.274. The van der Waals surface area contributed by atoms with Crippen molar-refractivity contribution in [3.63, 3.8) is 0 Å². The summed E-state index contributed by atoms with van der Waals surface area (Å²) in [6.07, 6.45) is -4.84. The second-order valence-corrected chi connectivity index (χ2v) is 7.26. The number of fused-ring (bicyclic) bond motifs is 1. The van der Waals surface area contributed by atoms with E-state index in [2.05, 4.69) is 10.1 Å². The average Bonchev–Trinajstić information content (AvgIpc) is 2.77. The van der Waals surface area contributed by atoms with Crippen LogP contribution >= 0.6 is 0 Å². The zero-order valence-corrected chi connectivity index (χ0v) is 14.2.